The average molecular weight is 619 g/mol. The van der Waals surface area contributed by atoms with Crippen molar-refractivity contribution in [2.24, 2.45) is 23.0 Å². The molecule has 0 bridgehead atoms. The molecular weight excluding hydrogens is 579 g/mol. The molecule has 3 atom stereocenters. The minimum absolute atomic E-state index is 0.0948. The summed E-state index contributed by atoms with van der Waals surface area (Å²) in [6.45, 7) is 0.872. The van der Waals surface area contributed by atoms with E-state index >= 15 is 0 Å². The van der Waals surface area contributed by atoms with Gasteiger partial charge in [0.05, 0.1) is 28.9 Å². The molecule has 232 valence electrons. The standard InChI is InChI=1S/C34H39FN4O4S/c35-26-13-9-25(10-14-26)32-38-30(24-11-15-27(16-12-24)39-18-20-44(41,42)21-19-39)31(43-32)28-8-4-5-17-34(28,33(37)40)29(22-36)23-6-2-1-3-7-23/h9-16,23,28-29H,1-8,17-21H2,(H2,37,40)/t28?,29-,34?/m0/s1. The summed E-state index contributed by atoms with van der Waals surface area (Å²) < 4.78 is 44.3. The quantitative estimate of drug-likeness (QED) is 0.332. The van der Waals surface area contributed by atoms with Crippen molar-refractivity contribution in [3.8, 4) is 28.8 Å². The first-order chi connectivity index (χ1) is 21.2. The van der Waals surface area contributed by atoms with E-state index in [1.807, 2.05) is 24.3 Å². The number of nitrogens with zero attached hydrogens (tertiary/aromatic N) is 3. The first-order valence-corrected chi connectivity index (χ1v) is 17.6. The van der Waals surface area contributed by atoms with E-state index in [0.717, 1.165) is 56.2 Å². The topological polar surface area (TPSA) is 130 Å². The highest BCUT2D eigenvalue weighted by molar-refractivity contribution is 7.91. The van der Waals surface area contributed by atoms with Gasteiger partial charge in [-0.2, -0.15) is 5.26 Å². The van der Waals surface area contributed by atoms with Crippen LogP contribution < -0.4 is 10.6 Å². The maximum absolute atomic E-state index is 13.8. The number of anilines is 1. The van der Waals surface area contributed by atoms with E-state index in [1.165, 1.54) is 12.1 Å². The third kappa shape index (κ3) is 5.74. The molecule has 2 heterocycles. The summed E-state index contributed by atoms with van der Waals surface area (Å²) >= 11 is 0. The van der Waals surface area contributed by atoms with Crippen LogP contribution in [0.3, 0.4) is 0 Å². The zero-order chi connectivity index (χ0) is 30.9. The molecule has 1 amide bonds. The third-order valence-electron chi connectivity index (χ3n) is 10.1. The van der Waals surface area contributed by atoms with Gasteiger partial charge in [0.2, 0.25) is 11.8 Å². The Kier molecular flexibility index (Phi) is 8.51. The van der Waals surface area contributed by atoms with Crippen molar-refractivity contribution in [2.45, 2.75) is 63.7 Å². The van der Waals surface area contributed by atoms with Gasteiger partial charge < -0.3 is 15.1 Å². The van der Waals surface area contributed by atoms with Crippen molar-refractivity contribution in [1.29, 1.82) is 5.26 Å². The van der Waals surface area contributed by atoms with E-state index in [9.17, 15) is 22.9 Å². The molecule has 1 saturated heterocycles. The van der Waals surface area contributed by atoms with Gasteiger partial charge in [0, 0.05) is 35.8 Å². The van der Waals surface area contributed by atoms with Crippen LogP contribution in [-0.2, 0) is 14.6 Å². The molecule has 1 aliphatic heterocycles. The first kappa shape index (κ1) is 30.3. The summed E-state index contributed by atoms with van der Waals surface area (Å²) in [5.41, 5.74) is 8.10. The Balaban J connectivity index is 1.44. The van der Waals surface area contributed by atoms with Crippen LogP contribution in [0, 0.1) is 34.4 Å². The second-order valence-corrected chi connectivity index (χ2v) is 14.9. The van der Waals surface area contributed by atoms with Crippen LogP contribution in [0.4, 0.5) is 10.1 Å². The molecule has 2 aliphatic carbocycles. The number of halogens is 1. The number of sulfone groups is 1. The summed E-state index contributed by atoms with van der Waals surface area (Å²) in [6.07, 6.45) is 7.86. The number of hydrogen-bond donors (Lipinski definition) is 1. The number of carbonyl (C=O) groups is 1. The van der Waals surface area contributed by atoms with Gasteiger partial charge in [-0.25, -0.2) is 17.8 Å². The molecule has 2 aromatic carbocycles. The van der Waals surface area contributed by atoms with Crippen LogP contribution in [0.1, 0.15) is 69.5 Å². The number of aromatic nitrogens is 1. The van der Waals surface area contributed by atoms with Gasteiger partial charge in [0.25, 0.3) is 0 Å². The summed E-state index contributed by atoms with van der Waals surface area (Å²) in [5, 5.41) is 10.6. The van der Waals surface area contributed by atoms with Crippen LogP contribution in [0.5, 0.6) is 0 Å². The lowest BCUT2D eigenvalue weighted by molar-refractivity contribution is -0.136. The molecule has 3 aromatic rings. The van der Waals surface area contributed by atoms with E-state index in [-0.39, 0.29) is 23.2 Å². The molecule has 3 aliphatic rings. The fourth-order valence-electron chi connectivity index (χ4n) is 7.78. The van der Waals surface area contributed by atoms with Crippen molar-refractivity contribution in [2.75, 3.05) is 29.5 Å². The van der Waals surface area contributed by atoms with Crippen LogP contribution in [-0.4, -0.2) is 43.9 Å². The number of rotatable bonds is 7. The first-order valence-electron chi connectivity index (χ1n) is 15.7. The molecule has 44 heavy (non-hydrogen) atoms. The summed E-state index contributed by atoms with van der Waals surface area (Å²) in [4.78, 5) is 20.6. The number of primary amides is 1. The van der Waals surface area contributed by atoms with Gasteiger partial charge >= 0.3 is 0 Å². The SMILES string of the molecule is N#C[C@@H](C1CCCCC1)C1(C(N)=O)CCCCC1c1oc(-c2ccc(F)cc2)nc1-c1ccc(N2CCS(=O)(=O)CC2)cc1. The van der Waals surface area contributed by atoms with E-state index in [2.05, 4.69) is 11.0 Å². The molecule has 2 saturated carbocycles. The molecule has 10 heteroatoms. The van der Waals surface area contributed by atoms with Crippen LogP contribution in [0.2, 0.25) is 0 Å². The monoisotopic (exact) mass is 618 g/mol. The normalized spacial score (nSPS) is 24.8. The summed E-state index contributed by atoms with van der Waals surface area (Å²) in [6, 6.07) is 16.3. The molecule has 2 N–H and O–H groups in total. The number of nitrogens with two attached hydrogens (primary N) is 1. The van der Waals surface area contributed by atoms with E-state index in [4.69, 9.17) is 15.1 Å². The Labute approximate surface area is 258 Å². The predicted molar refractivity (Wildman–Crippen MR) is 167 cm³/mol. The van der Waals surface area contributed by atoms with Crippen molar-refractivity contribution in [3.05, 3.63) is 60.1 Å². The fraction of sp³-hybridized carbons (Fsp3) is 0.500. The minimum Gasteiger partial charge on any atom is -0.440 e. The molecule has 3 fully saturated rings. The Morgan fingerprint density at radius 2 is 1.61 bits per heavy atom. The van der Waals surface area contributed by atoms with Crippen molar-refractivity contribution in [1.82, 2.24) is 4.98 Å². The minimum atomic E-state index is -3.00. The molecular formula is C34H39FN4O4S. The van der Waals surface area contributed by atoms with Gasteiger partial charge in [-0.15, -0.1) is 0 Å². The van der Waals surface area contributed by atoms with Crippen LogP contribution >= 0.6 is 0 Å². The van der Waals surface area contributed by atoms with Crippen LogP contribution in [0.15, 0.2) is 52.9 Å². The largest absolute Gasteiger partial charge is 0.440 e. The zero-order valence-electron chi connectivity index (χ0n) is 24.9. The average Bonchev–Trinajstić information content (AvgIpc) is 3.48. The number of amides is 1. The van der Waals surface area contributed by atoms with Crippen molar-refractivity contribution < 1.29 is 22.0 Å². The number of benzene rings is 2. The zero-order valence-corrected chi connectivity index (χ0v) is 25.7. The Bertz CT molecular complexity index is 1630. The van der Waals surface area contributed by atoms with Gasteiger partial charge in [0.1, 0.15) is 17.3 Å². The van der Waals surface area contributed by atoms with Gasteiger partial charge in [0.15, 0.2) is 9.84 Å². The highest BCUT2D eigenvalue weighted by Crippen LogP contribution is 2.57. The molecule has 8 nitrogen and oxygen atoms in total. The maximum Gasteiger partial charge on any atom is 0.226 e. The van der Waals surface area contributed by atoms with Gasteiger partial charge in [-0.05, 0) is 68.0 Å². The Hall–Kier alpha value is -3.71. The van der Waals surface area contributed by atoms with Crippen molar-refractivity contribution in [3.63, 3.8) is 0 Å². The lowest BCUT2D eigenvalue weighted by atomic mass is 9.54. The number of oxazole rings is 1. The Morgan fingerprint density at radius 3 is 2.25 bits per heavy atom. The number of hydrogen-bond acceptors (Lipinski definition) is 7. The van der Waals surface area contributed by atoms with E-state index < -0.39 is 33.0 Å². The predicted octanol–water partition coefficient (Wildman–Crippen LogP) is 6.23. The van der Waals surface area contributed by atoms with Gasteiger partial charge in [-0.1, -0.05) is 44.2 Å². The second-order valence-electron chi connectivity index (χ2n) is 12.6. The Morgan fingerprint density at radius 1 is 0.977 bits per heavy atom. The smallest absolute Gasteiger partial charge is 0.226 e. The maximum atomic E-state index is 13.8. The van der Waals surface area contributed by atoms with E-state index in [0.29, 0.717) is 48.8 Å². The summed E-state index contributed by atoms with van der Waals surface area (Å²) in [7, 11) is -3.00. The molecule has 0 radical (unpaired) electrons. The fourth-order valence-corrected chi connectivity index (χ4v) is 8.98. The molecule has 6 rings (SSSR count). The second kappa shape index (κ2) is 12.4. The van der Waals surface area contributed by atoms with Crippen molar-refractivity contribution >= 4 is 21.4 Å². The van der Waals surface area contributed by atoms with E-state index in [1.54, 1.807) is 12.1 Å². The number of carbonyl (C=O) groups excluding carboxylic acids is 1. The molecule has 1 aromatic heterocycles. The molecule has 2 unspecified atom stereocenters. The highest BCUT2D eigenvalue weighted by atomic mass is 32.2. The molecule has 0 spiro atoms. The number of nitriles is 1. The summed E-state index contributed by atoms with van der Waals surface area (Å²) in [5.74, 6) is -0.600. The lowest BCUT2D eigenvalue weighted by Crippen LogP contribution is -2.51. The van der Waals surface area contributed by atoms with Gasteiger partial charge in [-0.3, -0.25) is 4.79 Å². The third-order valence-corrected chi connectivity index (χ3v) is 11.7. The lowest BCUT2D eigenvalue weighted by Gasteiger charge is -2.46. The van der Waals surface area contributed by atoms with Crippen LogP contribution in [0.25, 0.3) is 22.7 Å². The highest BCUT2D eigenvalue weighted by Gasteiger charge is 2.56.